The van der Waals surface area contributed by atoms with Gasteiger partial charge in [-0.25, -0.2) is 8.78 Å². The van der Waals surface area contributed by atoms with E-state index in [4.69, 9.17) is 0 Å². The Balaban J connectivity index is 2.67. The van der Waals surface area contributed by atoms with Crippen LogP contribution in [0.3, 0.4) is 0 Å². The van der Waals surface area contributed by atoms with Gasteiger partial charge in [0.1, 0.15) is 0 Å². The molecule has 0 aromatic heterocycles. The van der Waals surface area contributed by atoms with E-state index in [0.717, 1.165) is 0 Å². The highest BCUT2D eigenvalue weighted by Gasteiger charge is 2.56. The van der Waals surface area contributed by atoms with Gasteiger partial charge < -0.3 is 0 Å². The Morgan fingerprint density at radius 3 is 2.00 bits per heavy atom. The lowest BCUT2D eigenvalue weighted by Gasteiger charge is -2.45. The number of hydrogen-bond donors (Lipinski definition) is 0. The fourth-order valence-electron chi connectivity index (χ4n) is 1.87. The Morgan fingerprint density at radius 2 is 1.77 bits per heavy atom. The van der Waals surface area contributed by atoms with Crippen LogP contribution in [0, 0.1) is 5.41 Å². The summed E-state index contributed by atoms with van der Waals surface area (Å²) in [6.45, 7) is 1.60. The second-order valence-electron chi connectivity index (χ2n) is 3.75. The summed E-state index contributed by atoms with van der Waals surface area (Å²) in [5.74, 6) is -3.58. The lowest BCUT2D eigenvalue weighted by atomic mass is 9.66. The lowest BCUT2D eigenvalue weighted by Crippen LogP contribution is -2.49. The average molecular weight is 216 g/mol. The Labute approximate surface area is 75.3 Å². The molecule has 0 unspecified atom stereocenters. The molecule has 0 N–H and O–H groups in total. The maximum Gasteiger partial charge on any atom is 0.302 e. The molecular formula is C7H11F3O2S. The molecule has 1 aliphatic rings. The van der Waals surface area contributed by atoms with Gasteiger partial charge in [0.05, 0.1) is 5.75 Å². The minimum absolute atomic E-state index is 0.270. The zero-order valence-electron chi connectivity index (χ0n) is 7.19. The Kier molecular flexibility index (Phi) is 2.38. The summed E-state index contributed by atoms with van der Waals surface area (Å²) in [6, 6.07) is 0. The van der Waals surface area contributed by atoms with E-state index in [1.807, 2.05) is 0 Å². The number of halogens is 3. The normalized spacial score (nSPS) is 25.2. The molecule has 0 spiro atoms. The molecule has 1 saturated carbocycles. The fourth-order valence-corrected chi connectivity index (χ4v) is 3.01. The van der Waals surface area contributed by atoms with Crippen LogP contribution in [0.4, 0.5) is 12.7 Å². The smallest absolute Gasteiger partial charge is 0.207 e. The molecule has 1 fully saturated rings. The van der Waals surface area contributed by atoms with Crippen molar-refractivity contribution in [2.45, 2.75) is 32.1 Å². The molecule has 1 aliphatic carbocycles. The second-order valence-corrected chi connectivity index (χ2v) is 5.11. The predicted octanol–water partition coefficient (Wildman–Crippen LogP) is 2.11. The molecule has 6 heteroatoms. The van der Waals surface area contributed by atoms with Crippen molar-refractivity contribution >= 4 is 10.2 Å². The van der Waals surface area contributed by atoms with Crippen LogP contribution in [0.5, 0.6) is 0 Å². The highest BCUT2D eigenvalue weighted by atomic mass is 32.3. The van der Waals surface area contributed by atoms with Gasteiger partial charge in [0.2, 0.25) is 5.92 Å². The largest absolute Gasteiger partial charge is 0.302 e. The van der Waals surface area contributed by atoms with Gasteiger partial charge >= 0.3 is 10.2 Å². The minimum atomic E-state index is -4.64. The fraction of sp³-hybridized carbons (Fsp3) is 1.00. The van der Waals surface area contributed by atoms with Crippen LogP contribution < -0.4 is 0 Å². The third-order valence-electron chi connectivity index (χ3n) is 2.50. The summed E-state index contributed by atoms with van der Waals surface area (Å²) in [4.78, 5) is 0. The van der Waals surface area contributed by atoms with Crippen molar-refractivity contribution in [1.29, 1.82) is 0 Å². The monoisotopic (exact) mass is 216 g/mol. The molecule has 0 aromatic carbocycles. The summed E-state index contributed by atoms with van der Waals surface area (Å²) < 4.78 is 57.8. The van der Waals surface area contributed by atoms with E-state index < -0.39 is 40.2 Å². The first-order chi connectivity index (χ1) is 5.68. The molecule has 13 heavy (non-hydrogen) atoms. The van der Waals surface area contributed by atoms with Gasteiger partial charge in [0.25, 0.3) is 0 Å². The molecule has 0 heterocycles. The first-order valence-electron chi connectivity index (χ1n) is 3.98. The van der Waals surface area contributed by atoms with Crippen LogP contribution in [-0.4, -0.2) is 20.1 Å². The molecular weight excluding hydrogens is 205 g/mol. The Hall–Kier alpha value is -0.260. The molecule has 0 aromatic rings. The third-order valence-corrected chi connectivity index (χ3v) is 3.45. The second kappa shape index (κ2) is 2.87. The van der Waals surface area contributed by atoms with Crippen molar-refractivity contribution in [3.05, 3.63) is 0 Å². The van der Waals surface area contributed by atoms with Crippen molar-refractivity contribution in [3.8, 4) is 0 Å². The third kappa shape index (κ3) is 2.59. The van der Waals surface area contributed by atoms with Crippen molar-refractivity contribution < 1.29 is 21.1 Å². The molecule has 0 saturated heterocycles. The van der Waals surface area contributed by atoms with Gasteiger partial charge in [0.15, 0.2) is 0 Å². The zero-order valence-corrected chi connectivity index (χ0v) is 8.00. The van der Waals surface area contributed by atoms with Gasteiger partial charge in [-0.15, -0.1) is 3.89 Å². The lowest BCUT2D eigenvalue weighted by molar-refractivity contribution is -0.153. The summed E-state index contributed by atoms with van der Waals surface area (Å²) in [5.41, 5.74) is -1.03. The Morgan fingerprint density at radius 1 is 1.31 bits per heavy atom. The van der Waals surface area contributed by atoms with Crippen molar-refractivity contribution in [2.75, 3.05) is 5.75 Å². The maximum atomic E-state index is 12.5. The highest BCUT2D eigenvalue weighted by Crippen LogP contribution is 2.54. The van der Waals surface area contributed by atoms with Gasteiger partial charge in [0, 0.05) is 12.8 Å². The minimum Gasteiger partial charge on any atom is -0.207 e. The predicted molar refractivity (Wildman–Crippen MR) is 41.8 cm³/mol. The first kappa shape index (κ1) is 10.8. The van der Waals surface area contributed by atoms with Crippen LogP contribution in [0.2, 0.25) is 0 Å². The van der Waals surface area contributed by atoms with E-state index >= 15 is 0 Å². The van der Waals surface area contributed by atoms with Crippen LogP contribution in [0.1, 0.15) is 26.2 Å². The molecule has 78 valence electrons. The molecule has 0 atom stereocenters. The van der Waals surface area contributed by atoms with Gasteiger partial charge in [-0.3, -0.25) is 0 Å². The molecule has 0 radical (unpaired) electrons. The Bertz CT molecular complexity index is 289. The van der Waals surface area contributed by atoms with Gasteiger partial charge in [-0.2, -0.15) is 8.42 Å². The maximum absolute atomic E-state index is 12.5. The quantitative estimate of drug-likeness (QED) is 0.677. The van der Waals surface area contributed by atoms with E-state index in [1.54, 1.807) is 6.92 Å². The molecule has 1 rings (SSSR count). The van der Waals surface area contributed by atoms with E-state index in [1.165, 1.54) is 0 Å². The van der Waals surface area contributed by atoms with Crippen molar-refractivity contribution in [3.63, 3.8) is 0 Å². The average Bonchev–Trinajstić information content (AvgIpc) is 1.79. The topological polar surface area (TPSA) is 34.1 Å². The van der Waals surface area contributed by atoms with E-state index in [0.29, 0.717) is 0 Å². The first-order valence-corrected chi connectivity index (χ1v) is 5.54. The van der Waals surface area contributed by atoms with Crippen molar-refractivity contribution in [1.82, 2.24) is 0 Å². The molecule has 0 amide bonds. The summed E-state index contributed by atoms with van der Waals surface area (Å²) in [7, 11) is -4.64. The molecule has 0 aliphatic heterocycles. The number of rotatable bonds is 3. The van der Waals surface area contributed by atoms with Gasteiger partial charge in [-0.05, 0) is 11.8 Å². The zero-order chi connectivity index (χ0) is 10.3. The van der Waals surface area contributed by atoms with Crippen LogP contribution in [-0.2, 0) is 10.2 Å². The van der Waals surface area contributed by atoms with Gasteiger partial charge in [-0.1, -0.05) is 6.92 Å². The summed E-state index contributed by atoms with van der Waals surface area (Å²) in [6.07, 6.45) is -0.759. The molecule has 0 bridgehead atoms. The summed E-state index contributed by atoms with van der Waals surface area (Å²) in [5, 5.41) is 0. The summed E-state index contributed by atoms with van der Waals surface area (Å²) >= 11 is 0. The van der Waals surface area contributed by atoms with Crippen LogP contribution in [0.25, 0.3) is 0 Å². The van der Waals surface area contributed by atoms with E-state index in [2.05, 4.69) is 0 Å². The number of alkyl halides is 2. The number of hydrogen-bond acceptors (Lipinski definition) is 2. The standard InChI is InChI=1S/C7H11F3O2S/c1-2-6(5-13(10,11)12)3-7(8,9)4-6/h2-5H2,1H3. The van der Waals surface area contributed by atoms with E-state index in [9.17, 15) is 21.1 Å². The molecule has 2 nitrogen and oxygen atoms in total. The van der Waals surface area contributed by atoms with E-state index in [-0.39, 0.29) is 6.42 Å². The SMILES string of the molecule is CCC1(CS(=O)(=O)F)CC(F)(F)C1. The van der Waals surface area contributed by atoms with Crippen LogP contribution in [0.15, 0.2) is 0 Å². The van der Waals surface area contributed by atoms with Crippen LogP contribution >= 0.6 is 0 Å². The highest BCUT2D eigenvalue weighted by molar-refractivity contribution is 7.86. The van der Waals surface area contributed by atoms with Crippen molar-refractivity contribution in [2.24, 2.45) is 5.41 Å².